The molecule has 4 nitrogen and oxygen atoms in total. The van der Waals surface area contributed by atoms with Crippen LogP contribution in [0.2, 0.25) is 0 Å². The van der Waals surface area contributed by atoms with Crippen molar-refractivity contribution in [1.82, 2.24) is 10.3 Å². The van der Waals surface area contributed by atoms with Crippen LogP contribution in [-0.2, 0) is 0 Å². The van der Waals surface area contributed by atoms with Crippen molar-refractivity contribution in [2.24, 2.45) is 5.92 Å². The van der Waals surface area contributed by atoms with Crippen molar-refractivity contribution in [1.29, 1.82) is 5.26 Å². The zero-order valence-electron chi connectivity index (χ0n) is 9.07. The smallest absolute Gasteiger partial charge is 0.253 e. The molecule has 0 aliphatic heterocycles. The highest BCUT2D eigenvalue weighted by Gasteiger charge is 2.16. The number of amides is 1. The van der Waals surface area contributed by atoms with E-state index in [1.165, 1.54) is 6.07 Å². The predicted molar refractivity (Wildman–Crippen MR) is 55.9 cm³/mol. The summed E-state index contributed by atoms with van der Waals surface area (Å²) in [6.07, 6.45) is 1.14. The van der Waals surface area contributed by atoms with Crippen LogP contribution in [0.15, 0.2) is 18.3 Å². The summed E-state index contributed by atoms with van der Waals surface area (Å²) in [5, 5.41) is 11.3. The van der Waals surface area contributed by atoms with E-state index in [0.29, 0.717) is 0 Å². The van der Waals surface area contributed by atoms with Gasteiger partial charge in [0, 0.05) is 6.20 Å². The third-order valence-electron chi connectivity index (χ3n) is 2.08. The maximum absolute atomic E-state index is 12.5. The SMILES string of the molecule is CC(C)C(C#N)NC(=O)c1ccc(F)nc1. The van der Waals surface area contributed by atoms with E-state index < -0.39 is 17.9 Å². The van der Waals surface area contributed by atoms with Crippen molar-refractivity contribution in [3.05, 3.63) is 29.8 Å². The normalized spacial score (nSPS) is 11.9. The van der Waals surface area contributed by atoms with E-state index in [-0.39, 0.29) is 11.5 Å². The fraction of sp³-hybridized carbons (Fsp3) is 0.364. The van der Waals surface area contributed by atoms with Crippen molar-refractivity contribution < 1.29 is 9.18 Å². The lowest BCUT2D eigenvalue weighted by Gasteiger charge is -2.14. The summed E-state index contributed by atoms with van der Waals surface area (Å²) in [6.45, 7) is 3.66. The van der Waals surface area contributed by atoms with Crippen molar-refractivity contribution in [3.8, 4) is 6.07 Å². The summed E-state index contributed by atoms with van der Waals surface area (Å²) >= 11 is 0. The second kappa shape index (κ2) is 5.21. The number of nitrogens with zero attached hydrogens (tertiary/aromatic N) is 2. The van der Waals surface area contributed by atoms with E-state index in [9.17, 15) is 9.18 Å². The molecule has 0 aromatic carbocycles. The molecule has 0 radical (unpaired) electrons. The number of nitriles is 1. The Hall–Kier alpha value is -1.96. The standard InChI is InChI=1S/C11H12FN3O/c1-7(2)9(5-13)15-11(16)8-3-4-10(12)14-6-8/h3-4,6-7,9H,1-2H3,(H,15,16). The van der Waals surface area contributed by atoms with Crippen LogP contribution < -0.4 is 5.32 Å². The number of rotatable bonds is 3. The summed E-state index contributed by atoms with van der Waals surface area (Å²) < 4.78 is 12.5. The number of halogens is 1. The highest BCUT2D eigenvalue weighted by Crippen LogP contribution is 2.03. The Morgan fingerprint density at radius 2 is 2.25 bits per heavy atom. The minimum Gasteiger partial charge on any atom is -0.336 e. The number of hydrogen-bond acceptors (Lipinski definition) is 3. The first-order valence-electron chi connectivity index (χ1n) is 4.86. The lowest BCUT2D eigenvalue weighted by Crippen LogP contribution is -2.37. The maximum Gasteiger partial charge on any atom is 0.253 e. The summed E-state index contributed by atoms with van der Waals surface area (Å²) in [6, 6.07) is 3.86. The van der Waals surface area contributed by atoms with Gasteiger partial charge in [0.1, 0.15) is 6.04 Å². The molecular weight excluding hydrogens is 209 g/mol. The van der Waals surface area contributed by atoms with Crippen LogP contribution in [0.5, 0.6) is 0 Å². The molecule has 1 N–H and O–H groups in total. The Balaban J connectivity index is 2.73. The van der Waals surface area contributed by atoms with Gasteiger partial charge in [0.05, 0.1) is 11.6 Å². The number of pyridine rings is 1. The zero-order chi connectivity index (χ0) is 12.1. The van der Waals surface area contributed by atoms with Gasteiger partial charge in [-0.3, -0.25) is 4.79 Å². The average molecular weight is 221 g/mol. The van der Waals surface area contributed by atoms with E-state index in [2.05, 4.69) is 10.3 Å². The van der Waals surface area contributed by atoms with Gasteiger partial charge in [-0.15, -0.1) is 0 Å². The van der Waals surface area contributed by atoms with E-state index in [1.54, 1.807) is 0 Å². The van der Waals surface area contributed by atoms with E-state index >= 15 is 0 Å². The monoisotopic (exact) mass is 221 g/mol. The molecule has 0 aliphatic rings. The van der Waals surface area contributed by atoms with Gasteiger partial charge in [-0.05, 0) is 18.1 Å². The van der Waals surface area contributed by atoms with Crippen molar-refractivity contribution in [2.75, 3.05) is 0 Å². The molecule has 0 saturated carbocycles. The molecule has 0 bridgehead atoms. The number of nitrogens with one attached hydrogen (secondary N) is 1. The molecule has 1 unspecified atom stereocenters. The lowest BCUT2D eigenvalue weighted by atomic mass is 10.1. The molecule has 0 aliphatic carbocycles. The molecule has 84 valence electrons. The van der Waals surface area contributed by atoms with E-state index in [4.69, 9.17) is 5.26 Å². The summed E-state index contributed by atoms with van der Waals surface area (Å²) in [5.74, 6) is -1.05. The predicted octanol–water partition coefficient (Wildman–Crippen LogP) is 1.50. The molecular formula is C11H12FN3O. The number of carbonyl (C=O) groups excluding carboxylic acids is 1. The quantitative estimate of drug-likeness (QED) is 0.786. The van der Waals surface area contributed by atoms with Crippen LogP contribution in [0.25, 0.3) is 0 Å². The first-order valence-corrected chi connectivity index (χ1v) is 4.86. The number of aromatic nitrogens is 1. The fourth-order valence-electron chi connectivity index (χ4n) is 1.08. The van der Waals surface area contributed by atoms with E-state index in [1.807, 2.05) is 19.9 Å². The van der Waals surface area contributed by atoms with Gasteiger partial charge in [-0.25, -0.2) is 4.98 Å². The Kier molecular flexibility index (Phi) is 3.95. The third kappa shape index (κ3) is 3.02. The second-order valence-corrected chi connectivity index (χ2v) is 3.69. The first kappa shape index (κ1) is 12.1. The molecule has 0 fully saturated rings. The van der Waals surface area contributed by atoms with Gasteiger partial charge < -0.3 is 5.32 Å². The van der Waals surface area contributed by atoms with Crippen LogP contribution >= 0.6 is 0 Å². The fourth-order valence-corrected chi connectivity index (χ4v) is 1.08. The van der Waals surface area contributed by atoms with Crippen LogP contribution in [0.4, 0.5) is 4.39 Å². The second-order valence-electron chi connectivity index (χ2n) is 3.69. The highest BCUT2D eigenvalue weighted by molar-refractivity contribution is 5.94. The molecule has 1 aromatic rings. The zero-order valence-corrected chi connectivity index (χ0v) is 9.07. The molecule has 1 rings (SSSR count). The number of hydrogen-bond donors (Lipinski definition) is 1. The number of carbonyl (C=O) groups is 1. The van der Waals surface area contributed by atoms with Crippen molar-refractivity contribution in [2.45, 2.75) is 19.9 Å². The molecule has 16 heavy (non-hydrogen) atoms. The van der Waals surface area contributed by atoms with Crippen LogP contribution in [0, 0.1) is 23.2 Å². The molecule has 1 aromatic heterocycles. The van der Waals surface area contributed by atoms with Gasteiger partial charge in [0.2, 0.25) is 5.95 Å². The molecule has 5 heteroatoms. The first-order chi connectivity index (χ1) is 7.54. The Morgan fingerprint density at radius 1 is 1.56 bits per heavy atom. The van der Waals surface area contributed by atoms with Gasteiger partial charge in [-0.2, -0.15) is 9.65 Å². The van der Waals surface area contributed by atoms with Crippen LogP contribution in [0.1, 0.15) is 24.2 Å². The van der Waals surface area contributed by atoms with Gasteiger partial charge in [-0.1, -0.05) is 13.8 Å². The third-order valence-corrected chi connectivity index (χ3v) is 2.08. The largest absolute Gasteiger partial charge is 0.336 e. The Bertz CT molecular complexity index is 408. The molecule has 1 atom stereocenters. The Labute approximate surface area is 93.1 Å². The van der Waals surface area contributed by atoms with Gasteiger partial charge in [0.25, 0.3) is 5.91 Å². The molecule has 0 spiro atoms. The lowest BCUT2D eigenvalue weighted by molar-refractivity contribution is 0.0937. The minimum absolute atomic E-state index is 0.0161. The summed E-state index contributed by atoms with van der Waals surface area (Å²) in [5.41, 5.74) is 0.238. The topological polar surface area (TPSA) is 65.8 Å². The average Bonchev–Trinajstić information content (AvgIpc) is 2.26. The molecule has 0 saturated heterocycles. The van der Waals surface area contributed by atoms with E-state index in [0.717, 1.165) is 12.3 Å². The summed E-state index contributed by atoms with van der Waals surface area (Å²) in [7, 11) is 0. The highest BCUT2D eigenvalue weighted by atomic mass is 19.1. The molecule has 1 heterocycles. The van der Waals surface area contributed by atoms with Crippen molar-refractivity contribution in [3.63, 3.8) is 0 Å². The van der Waals surface area contributed by atoms with Crippen molar-refractivity contribution >= 4 is 5.91 Å². The Morgan fingerprint density at radius 3 is 2.69 bits per heavy atom. The minimum atomic E-state index is -0.641. The van der Waals surface area contributed by atoms with Crippen LogP contribution in [-0.4, -0.2) is 16.9 Å². The van der Waals surface area contributed by atoms with Gasteiger partial charge >= 0.3 is 0 Å². The maximum atomic E-state index is 12.5. The van der Waals surface area contributed by atoms with Gasteiger partial charge in [0.15, 0.2) is 0 Å². The summed E-state index contributed by atoms with van der Waals surface area (Å²) in [4.78, 5) is 15.0. The van der Waals surface area contributed by atoms with Crippen LogP contribution in [0.3, 0.4) is 0 Å². The molecule has 1 amide bonds.